The van der Waals surface area contributed by atoms with Gasteiger partial charge in [0.1, 0.15) is 0 Å². The van der Waals surface area contributed by atoms with E-state index >= 15 is 0 Å². The molecule has 11 nitrogen and oxygen atoms in total. The molecule has 5 rings (SSSR count). The van der Waals surface area contributed by atoms with Crippen molar-refractivity contribution in [3.05, 3.63) is 95.1 Å². The van der Waals surface area contributed by atoms with E-state index in [1.165, 1.54) is 52.7 Å². The Morgan fingerprint density at radius 1 is 0.549 bits per heavy atom. The van der Waals surface area contributed by atoms with Crippen molar-refractivity contribution in [2.24, 2.45) is 11.8 Å². The lowest BCUT2D eigenvalue weighted by atomic mass is 9.85. The summed E-state index contributed by atoms with van der Waals surface area (Å²) in [4.78, 5) is 26.2. The Bertz CT molecular complexity index is 1750. The molecule has 2 N–H and O–H groups in total. The summed E-state index contributed by atoms with van der Waals surface area (Å²) in [5.74, 6) is 1.60. The molecule has 0 unspecified atom stereocenters. The van der Waals surface area contributed by atoms with E-state index in [9.17, 15) is 19.8 Å². The Balaban J connectivity index is 1.29. The second kappa shape index (κ2) is 15.6. The van der Waals surface area contributed by atoms with Gasteiger partial charge in [0.15, 0.2) is 58.2 Å². The van der Waals surface area contributed by atoms with Gasteiger partial charge < -0.3 is 43.4 Å². The number of rotatable bonds is 14. The van der Waals surface area contributed by atoms with Crippen molar-refractivity contribution in [3.8, 4) is 46.0 Å². The molecule has 0 aromatic heterocycles. The molecule has 0 aliphatic carbocycles. The van der Waals surface area contributed by atoms with E-state index in [2.05, 4.69) is 13.8 Å². The SMILES string of the molecule is COc1ccc(C(=O)[C@@H](C)Oc2ccc([C@H]3O[C@H](c4ccc(O[C@H](C)C(=O)c5ccc(OC)c(O)c5)c(OC)c4)[C@H](C)[C@H]3C)cc2OC)cc1O. The lowest BCUT2D eigenvalue weighted by Crippen LogP contribution is -2.24. The molecule has 1 heterocycles. The van der Waals surface area contributed by atoms with Crippen LogP contribution in [-0.4, -0.2) is 62.4 Å². The van der Waals surface area contributed by atoms with Gasteiger partial charge in [-0.25, -0.2) is 0 Å². The fraction of sp³-hybridized carbons (Fsp3) is 0.350. The number of phenols is 2. The van der Waals surface area contributed by atoms with Crippen LogP contribution in [0.2, 0.25) is 0 Å². The Labute approximate surface area is 297 Å². The number of benzene rings is 4. The lowest BCUT2D eigenvalue weighted by molar-refractivity contribution is 0.0287. The Morgan fingerprint density at radius 2 is 0.902 bits per heavy atom. The van der Waals surface area contributed by atoms with E-state index in [1.54, 1.807) is 38.1 Å². The van der Waals surface area contributed by atoms with E-state index < -0.39 is 12.2 Å². The Kier molecular flexibility index (Phi) is 11.3. The van der Waals surface area contributed by atoms with Crippen molar-refractivity contribution in [1.82, 2.24) is 0 Å². The minimum absolute atomic E-state index is 0.121. The minimum atomic E-state index is -0.859. The van der Waals surface area contributed by atoms with Crippen LogP contribution < -0.4 is 28.4 Å². The van der Waals surface area contributed by atoms with Crippen LogP contribution >= 0.6 is 0 Å². The normalized spacial score (nSPS) is 19.5. The smallest absolute Gasteiger partial charge is 0.203 e. The topological polar surface area (TPSA) is 139 Å². The monoisotopic (exact) mass is 700 g/mol. The van der Waals surface area contributed by atoms with Crippen molar-refractivity contribution >= 4 is 11.6 Å². The van der Waals surface area contributed by atoms with E-state index in [1.807, 2.05) is 24.3 Å². The molecular formula is C40H44O11. The first-order valence-electron chi connectivity index (χ1n) is 16.6. The standard InChI is InChI=1S/C40H44O11/c1-21-22(2)40(28-12-16-34(36(20-28)48-8)50-24(4)38(44)26-10-14-32(46-6)30(42)18-26)51-39(21)27-11-15-33(35(19-27)47-7)49-23(3)37(43)25-9-13-31(45-5)29(41)17-25/h9-24,39-42H,1-8H3/t21-,22-,23-,24-,39+,40+/m1/s1. The summed E-state index contributed by atoms with van der Waals surface area (Å²) < 4.78 is 40.2. The van der Waals surface area contributed by atoms with Gasteiger partial charge in [-0.2, -0.15) is 0 Å². The van der Waals surface area contributed by atoms with E-state index in [-0.39, 0.29) is 58.6 Å². The molecule has 270 valence electrons. The van der Waals surface area contributed by atoms with Gasteiger partial charge in [0.25, 0.3) is 0 Å². The molecule has 11 heteroatoms. The summed E-state index contributed by atoms with van der Waals surface area (Å²) >= 11 is 0. The minimum Gasteiger partial charge on any atom is -0.504 e. The number of ketones is 2. The molecule has 0 amide bonds. The fourth-order valence-electron chi connectivity index (χ4n) is 6.28. The predicted molar refractivity (Wildman–Crippen MR) is 189 cm³/mol. The zero-order valence-electron chi connectivity index (χ0n) is 30.0. The highest BCUT2D eigenvalue weighted by Crippen LogP contribution is 2.51. The fourth-order valence-corrected chi connectivity index (χ4v) is 6.28. The van der Waals surface area contributed by atoms with Crippen molar-refractivity contribution < 1.29 is 53.0 Å². The molecule has 0 radical (unpaired) electrons. The molecule has 1 fully saturated rings. The summed E-state index contributed by atoms with van der Waals surface area (Å²) in [6, 6.07) is 20.0. The van der Waals surface area contributed by atoms with Crippen LogP contribution in [0.3, 0.4) is 0 Å². The molecule has 1 aliphatic heterocycles. The van der Waals surface area contributed by atoms with Gasteiger partial charge >= 0.3 is 0 Å². The van der Waals surface area contributed by atoms with E-state index in [0.29, 0.717) is 34.1 Å². The molecular weight excluding hydrogens is 656 g/mol. The van der Waals surface area contributed by atoms with Crippen LogP contribution in [0.25, 0.3) is 0 Å². The van der Waals surface area contributed by atoms with Crippen LogP contribution in [0.5, 0.6) is 46.0 Å². The summed E-state index contributed by atoms with van der Waals surface area (Å²) in [5.41, 5.74) is 2.37. The van der Waals surface area contributed by atoms with Crippen LogP contribution in [0.15, 0.2) is 72.8 Å². The predicted octanol–water partition coefficient (Wildman–Crippen LogP) is 7.52. The quantitative estimate of drug-likeness (QED) is 0.126. The number of carbonyl (C=O) groups excluding carboxylic acids is 2. The number of hydrogen-bond acceptors (Lipinski definition) is 11. The van der Waals surface area contributed by atoms with Gasteiger partial charge in [-0.15, -0.1) is 0 Å². The van der Waals surface area contributed by atoms with Crippen molar-refractivity contribution in [2.75, 3.05) is 28.4 Å². The first-order chi connectivity index (χ1) is 24.4. The molecule has 4 aromatic carbocycles. The highest BCUT2D eigenvalue weighted by atomic mass is 16.5. The third kappa shape index (κ3) is 7.68. The summed E-state index contributed by atoms with van der Waals surface area (Å²) in [7, 11) is 5.95. The van der Waals surface area contributed by atoms with Crippen LogP contribution in [-0.2, 0) is 4.74 Å². The summed E-state index contributed by atoms with van der Waals surface area (Å²) in [5, 5.41) is 20.2. The van der Waals surface area contributed by atoms with Gasteiger partial charge in [0.05, 0.1) is 40.6 Å². The highest BCUT2D eigenvalue weighted by Gasteiger charge is 2.41. The second-order valence-electron chi connectivity index (χ2n) is 12.5. The van der Waals surface area contributed by atoms with Crippen LogP contribution in [0.1, 0.15) is 71.7 Å². The zero-order chi connectivity index (χ0) is 37.0. The molecule has 6 atom stereocenters. The van der Waals surface area contributed by atoms with Gasteiger partial charge in [0.2, 0.25) is 11.6 Å². The zero-order valence-corrected chi connectivity index (χ0v) is 30.0. The maximum absolute atomic E-state index is 13.1. The molecule has 51 heavy (non-hydrogen) atoms. The van der Waals surface area contributed by atoms with Crippen LogP contribution in [0.4, 0.5) is 0 Å². The maximum Gasteiger partial charge on any atom is 0.203 e. The van der Waals surface area contributed by atoms with E-state index in [4.69, 9.17) is 33.2 Å². The summed E-state index contributed by atoms with van der Waals surface area (Å²) in [6.45, 7) is 7.55. The lowest BCUT2D eigenvalue weighted by Gasteiger charge is -2.21. The van der Waals surface area contributed by atoms with Crippen molar-refractivity contribution in [1.29, 1.82) is 0 Å². The van der Waals surface area contributed by atoms with Crippen LogP contribution in [0, 0.1) is 11.8 Å². The second-order valence-corrected chi connectivity index (χ2v) is 12.5. The molecule has 1 saturated heterocycles. The number of methoxy groups -OCH3 is 4. The highest BCUT2D eigenvalue weighted by molar-refractivity contribution is 6.00. The van der Waals surface area contributed by atoms with Crippen molar-refractivity contribution in [2.45, 2.75) is 52.1 Å². The van der Waals surface area contributed by atoms with Gasteiger partial charge in [-0.1, -0.05) is 26.0 Å². The first-order valence-corrected chi connectivity index (χ1v) is 16.6. The number of ether oxygens (including phenoxy) is 7. The third-order valence-corrected chi connectivity index (χ3v) is 9.38. The molecule has 0 saturated carbocycles. The van der Waals surface area contributed by atoms with E-state index in [0.717, 1.165) is 11.1 Å². The number of hydrogen-bond donors (Lipinski definition) is 2. The number of Topliss-reactive ketones (excluding diaryl/α,β-unsaturated/α-hetero) is 2. The Hall–Kier alpha value is -5.42. The molecule has 1 aliphatic rings. The molecule has 0 spiro atoms. The third-order valence-electron chi connectivity index (χ3n) is 9.38. The molecule has 4 aromatic rings. The average molecular weight is 701 g/mol. The maximum atomic E-state index is 13.1. The van der Waals surface area contributed by atoms with Gasteiger partial charge in [-0.3, -0.25) is 9.59 Å². The number of aromatic hydroxyl groups is 2. The van der Waals surface area contributed by atoms with Crippen molar-refractivity contribution in [3.63, 3.8) is 0 Å². The first kappa shape index (κ1) is 36.9. The van der Waals surface area contributed by atoms with Gasteiger partial charge in [0, 0.05) is 11.1 Å². The largest absolute Gasteiger partial charge is 0.504 e. The molecule has 0 bridgehead atoms. The summed E-state index contributed by atoms with van der Waals surface area (Å²) in [6.07, 6.45) is -2.26. The number of phenolic OH excluding ortho intramolecular Hbond substituents is 2. The van der Waals surface area contributed by atoms with Gasteiger partial charge in [-0.05, 0) is 97.5 Å². The number of carbonyl (C=O) groups is 2. The Morgan fingerprint density at radius 3 is 1.24 bits per heavy atom. The average Bonchev–Trinajstić information content (AvgIpc) is 3.44.